The first-order chi connectivity index (χ1) is 13.7. The molecule has 6 nitrogen and oxygen atoms in total. The van der Waals surface area contributed by atoms with Crippen LogP contribution in [-0.2, 0) is 4.79 Å². The molecule has 1 unspecified atom stereocenters. The monoisotopic (exact) mass is 405 g/mol. The highest BCUT2D eigenvalue weighted by Gasteiger charge is 2.30. The van der Waals surface area contributed by atoms with Crippen LogP contribution >= 0.6 is 11.3 Å². The summed E-state index contributed by atoms with van der Waals surface area (Å²) >= 11 is 1.74. The molecule has 0 bridgehead atoms. The van der Waals surface area contributed by atoms with Gasteiger partial charge in [-0.1, -0.05) is 13.3 Å². The predicted molar refractivity (Wildman–Crippen MR) is 117 cm³/mol. The van der Waals surface area contributed by atoms with Gasteiger partial charge < -0.3 is 15.5 Å². The van der Waals surface area contributed by atoms with Gasteiger partial charge in [-0.25, -0.2) is 0 Å². The summed E-state index contributed by atoms with van der Waals surface area (Å²) in [7, 11) is 0. The molecule has 2 aliphatic rings. The number of piperazine rings is 1. The molecular formula is C21H35N5OS. The molecule has 3 rings (SSSR count). The largest absolute Gasteiger partial charge is 0.357 e. The number of thiophene rings is 1. The maximum atomic E-state index is 12.3. The highest BCUT2D eigenvalue weighted by Crippen LogP contribution is 2.28. The molecule has 1 amide bonds. The number of carbonyl (C=O) groups excluding carboxylic acids is 1. The molecule has 0 radical (unpaired) electrons. The van der Waals surface area contributed by atoms with Crippen LogP contribution in [0.15, 0.2) is 21.8 Å². The van der Waals surface area contributed by atoms with Crippen LogP contribution in [0.3, 0.4) is 0 Å². The van der Waals surface area contributed by atoms with Gasteiger partial charge in [0, 0.05) is 64.2 Å². The van der Waals surface area contributed by atoms with Gasteiger partial charge >= 0.3 is 0 Å². The Balaban J connectivity index is 1.36. The van der Waals surface area contributed by atoms with Gasteiger partial charge in [0.2, 0.25) is 5.91 Å². The molecule has 0 aromatic carbocycles. The summed E-state index contributed by atoms with van der Waals surface area (Å²) in [6, 6.07) is 2.18. The lowest BCUT2D eigenvalue weighted by Crippen LogP contribution is -2.52. The maximum absolute atomic E-state index is 12.3. The van der Waals surface area contributed by atoms with Crippen LogP contribution in [0.2, 0.25) is 0 Å². The van der Waals surface area contributed by atoms with E-state index in [0.717, 1.165) is 71.2 Å². The van der Waals surface area contributed by atoms with E-state index in [1.807, 2.05) is 0 Å². The lowest BCUT2D eigenvalue weighted by atomic mass is 9.84. The maximum Gasteiger partial charge on any atom is 0.225 e. The van der Waals surface area contributed by atoms with E-state index in [1.165, 1.54) is 12.0 Å². The minimum absolute atomic E-state index is 0.323. The van der Waals surface area contributed by atoms with Crippen LogP contribution in [0, 0.1) is 5.92 Å². The molecule has 7 heteroatoms. The Morgan fingerprint density at radius 3 is 2.68 bits per heavy atom. The first-order valence-corrected chi connectivity index (χ1v) is 11.7. The van der Waals surface area contributed by atoms with E-state index < -0.39 is 0 Å². The molecular weight excluding hydrogens is 370 g/mol. The SMILES string of the molecule is CCNC(=NCC(C)c1ccsc1)NCCN1CCN(C(=O)C2CCC2)CC1. The Kier molecular flexibility index (Phi) is 8.15. The number of hydrogen-bond acceptors (Lipinski definition) is 4. The highest BCUT2D eigenvalue weighted by molar-refractivity contribution is 7.07. The van der Waals surface area contributed by atoms with Crippen molar-refractivity contribution in [2.75, 3.05) is 52.4 Å². The second kappa shape index (κ2) is 10.8. The molecule has 1 aromatic rings. The second-order valence-electron chi connectivity index (χ2n) is 7.90. The minimum Gasteiger partial charge on any atom is -0.357 e. The summed E-state index contributed by atoms with van der Waals surface area (Å²) in [6.07, 6.45) is 3.42. The third-order valence-electron chi connectivity index (χ3n) is 5.84. The van der Waals surface area contributed by atoms with Gasteiger partial charge in [-0.15, -0.1) is 0 Å². The minimum atomic E-state index is 0.323. The van der Waals surface area contributed by atoms with E-state index in [1.54, 1.807) is 11.3 Å². The van der Waals surface area contributed by atoms with Crippen LogP contribution in [0.4, 0.5) is 0 Å². The van der Waals surface area contributed by atoms with E-state index in [9.17, 15) is 4.79 Å². The van der Waals surface area contributed by atoms with E-state index in [0.29, 0.717) is 17.7 Å². The molecule has 1 atom stereocenters. The van der Waals surface area contributed by atoms with Gasteiger partial charge in [-0.3, -0.25) is 14.7 Å². The summed E-state index contributed by atoms with van der Waals surface area (Å²) in [5, 5.41) is 11.1. The molecule has 1 aliphatic heterocycles. The molecule has 1 aliphatic carbocycles. The van der Waals surface area contributed by atoms with Crippen molar-refractivity contribution in [1.82, 2.24) is 20.4 Å². The van der Waals surface area contributed by atoms with Crippen LogP contribution in [0.25, 0.3) is 0 Å². The quantitative estimate of drug-likeness (QED) is 0.515. The summed E-state index contributed by atoms with van der Waals surface area (Å²) in [5.41, 5.74) is 1.36. The zero-order valence-electron chi connectivity index (χ0n) is 17.3. The summed E-state index contributed by atoms with van der Waals surface area (Å²) in [6.45, 7) is 11.5. The molecule has 2 fully saturated rings. The fourth-order valence-corrected chi connectivity index (χ4v) is 4.45. The average molecular weight is 406 g/mol. The fraction of sp³-hybridized carbons (Fsp3) is 0.714. The molecule has 2 heterocycles. The van der Waals surface area contributed by atoms with E-state index in [2.05, 4.69) is 51.1 Å². The molecule has 2 N–H and O–H groups in total. The lowest BCUT2D eigenvalue weighted by Gasteiger charge is -2.38. The molecule has 156 valence electrons. The van der Waals surface area contributed by atoms with Crippen molar-refractivity contribution in [3.8, 4) is 0 Å². The standard InChI is InChI=1S/C21H35N5OS/c1-3-22-21(24-15-17(2)19-7-14-28-16-19)23-8-9-25-10-12-26(13-11-25)20(27)18-5-4-6-18/h7,14,16-18H,3-6,8-13,15H2,1-2H3,(H2,22,23,24). The number of amides is 1. The van der Waals surface area contributed by atoms with Crippen molar-refractivity contribution in [3.05, 3.63) is 22.4 Å². The number of nitrogens with one attached hydrogen (secondary N) is 2. The summed E-state index contributed by atoms with van der Waals surface area (Å²) < 4.78 is 0. The van der Waals surface area contributed by atoms with Gasteiger partial charge in [0.15, 0.2) is 5.96 Å². The van der Waals surface area contributed by atoms with Crippen molar-refractivity contribution >= 4 is 23.2 Å². The zero-order valence-corrected chi connectivity index (χ0v) is 18.1. The second-order valence-corrected chi connectivity index (χ2v) is 8.68. The third-order valence-corrected chi connectivity index (χ3v) is 6.54. The normalized spacial score (nSPS) is 19.9. The van der Waals surface area contributed by atoms with Crippen LogP contribution in [-0.4, -0.2) is 74.0 Å². The first-order valence-electron chi connectivity index (χ1n) is 10.7. The molecule has 1 saturated carbocycles. The van der Waals surface area contributed by atoms with Gasteiger partial charge in [0.25, 0.3) is 0 Å². The molecule has 1 aromatic heterocycles. The van der Waals surface area contributed by atoms with Crippen LogP contribution in [0.1, 0.15) is 44.6 Å². The Morgan fingerprint density at radius 1 is 1.29 bits per heavy atom. The first kappa shape index (κ1) is 21.1. The number of carbonyl (C=O) groups is 1. The Hall–Kier alpha value is -1.60. The summed E-state index contributed by atoms with van der Waals surface area (Å²) in [5.74, 6) is 2.04. The number of guanidine groups is 1. The van der Waals surface area contributed by atoms with Crippen molar-refractivity contribution in [3.63, 3.8) is 0 Å². The van der Waals surface area contributed by atoms with E-state index >= 15 is 0 Å². The van der Waals surface area contributed by atoms with Crippen molar-refractivity contribution < 1.29 is 4.79 Å². The fourth-order valence-electron chi connectivity index (χ4n) is 3.67. The number of hydrogen-bond donors (Lipinski definition) is 2. The smallest absolute Gasteiger partial charge is 0.225 e. The molecule has 1 saturated heterocycles. The third kappa shape index (κ3) is 5.95. The predicted octanol–water partition coefficient (Wildman–Crippen LogP) is 2.35. The Bertz CT molecular complexity index is 621. The van der Waals surface area contributed by atoms with Gasteiger partial charge in [-0.2, -0.15) is 11.3 Å². The topological polar surface area (TPSA) is 60.0 Å². The summed E-state index contributed by atoms with van der Waals surface area (Å²) in [4.78, 5) is 21.6. The van der Waals surface area contributed by atoms with Gasteiger partial charge in [0.05, 0.1) is 0 Å². The van der Waals surface area contributed by atoms with Crippen molar-refractivity contribution in [2.24, 2.45) is 10.9 Å². The highest BCUT2D eigenvalue weighted by atomic mass is 32.1. The number of nitrogens with zero attached hydrogens (tertiary/aromatic N) is 3. The Morgan fingerprint density at radius 2 is 2.07 bits per heavy atom. The van der Waals surface area contributed by atoms with Crippen molar-refractivity contribution in [1.29, 1.82) is 0 Å². The molecule has 0 spiro atoms. The van der Waals surface area contributed by atoms with Gasteiger partial charge in [-0.05, 0) is 42.2 Å². The lowest BCUT2D eigenvalue weighted by molar-refractivity contribution is -0.139. The Labute approximate surface area is 173 Å². The average Bonchev–Trinajstić information content (AvgIpc) is 3.20. The van der Waals surface area contributed by atoms with Gasteiger partial charge in [0.1, 0.15) is 0 Å². The van der Waals surface area contributed by atoms with E-state index in [4.69, 9.17) is 4.99 Å². The molecule has 28 heavy (non-hydrogen) atoms. The van der Waals surface area contributed by atoms with Crippen molar-refractivity contribution in [2.45, 2.75) is 39.0 Å². The van der Waals surface area contributed by atoms with Crippen LogP contribution in [0.5, 0.6) is 0 Å². The number of rotatable bonds is 8. The zero-order chi connectivity index (χ0) is 19.8. The number of aliphatic imine (C=N–C) groups is 1. The van der Waals surface area contributed by atoms with E-state index in [-0.39, 0.29) is 0 Å². The van der Waals surface area contributed by atoms with Crippen LogP contribution < -0.4 is 10.6 Å².